The van der Waals surface area contributed by atoms with Crippen molar-refractivity contribution in [3.8, 4) is 11.5 Å². The second-order valence-corrected chi connectivity index (χ2v) is 7.85. The number of ether oxygens (including phenoxy) is 2. The molecular formula is C23H19BrN2O3. The van der Waals surface area contributed by atoms with Crippen LogP contribution in [0.25, 0.3) is 0 Å². The molecule has 6 heteroatoms. The van der Waals surface area contributed by atoms with Crippen molar-refractivity contribution >= 4 is 21.6 Å². The van der Waals surface area contributed by atoms with Crippen LogP contribution >= 0.6 is 15.9 Å². The van der Waals surface area contributed by atoms with Crippen molar-refractivity contribution < 1.29 is 13.9 Å². The number of benzene rings is 2. The molecule has 146 valence electrons. The Kier molecular flexibility index (Phi) is 4.64. The van der Waals surface area contributed by atoms with Crippen LogP contribution in [0, 0.1) is 0 Å². The predicted octanol–water partition coefficient (Wildman–Crippen LogP) is 5.85. The summed E-state index contributed by atoms with van der Waals surface area (Å²) in [5, 5.41) is 6.94. The van der Waals surface area contributed by atoms with Gasteiger partial charge in [0.2, 0.25) is 6.23 Å². The molecule has 2 aromatic carbocycles. The Bertz CT molecular complexity index is 1060. The first-order valence-corrected chi connectivity index (χ1v) is 10.2. The summed E-state index contributed by atoms with van der Waals surface area (Å²) in [6.45, 7) is 4.17. The maximum atomic E-state index is 6.27. The fourth-order valence-corrected chi connectivity index (χ4v) is 4.13. The summed E-state index contributed by atoms with van der Waals surface area (Å²) in [6, 6.07) is 18.0. The molecule has 3 aromatic rings. The second kappa shape index (κ2) is 7.44. The van der Waals surface area contributed by atoms with E-state index in [0.717, 1.165) is 45.0 Å². The van der Waals surface area contributed by atoms with Crippen molar-refractivity contribution in [2.75, 3.05) is 6.61 Å². The van der Waals surface area contributed by atoms with Gasteiger partial charge in [-0.1, -0.05) is 28.6 Å². The highest BCUT2D eigenvalue weighted by atomic mass is 79.9. The molecule has 0 saturated heterocycles. The molecule has 0 fully saturated rings. The van der Waals surface area contributed by atoms with E-state index in [9.17, 15) is 0 Å². The van der Waals surface area contributed by atoms with E-state index in [1.807, 2.05) is 53.5 Å². The average molecular weight is 451 g/mol. The van der Waals surface area contributed by atoms with Crippen LogP contribution in [-0.2, 0) is 0 Å². The molecule has 3 heterocycles. The van der Waals surface area contributed by atoms with E-state index in [-0.39, 0.29) is 6.04 Å². The van der Waals surface area contributed by atoms with Gasteiger partial charge in [-0.15, -0.1) is 0 Å². The maximum Gasteiger partial charge on any atom is 0.246 e. The van der Waals surface area contributed by atoms with Crippen molar-refractivity contribution in [3.63, 3.8) is 0 Å². The van der Waals surface area contributed by atoms with E-state index < -0.39 is 6.23 Å². The van der Waals surface area contributed by atoms with Crippen molar-refractivity contribution in [1.82, 2.24) is 5.01 Å². The third-order valence-electron chi connectivity index (χ3n) is 5.09. The van der Waals surface area contributed by atoms with Crippen molar-refractivity contribution in [3.05, 3.63) is 94.9 Å². The van der Waals surface area contributed by atoms with Gasteiger partial charge in [0.05, 0.1) is 18.0 Å². The minimum atomic E-state index is -0.392. The van der Waals surface area contributed by atoms with Crippen LogP contribution in [0.1, 0.15) is 35.6 Å². The number of halogens is 1. The summed E-state index contributed by atoms with van der Waals surface area (Å²) in [5.41, 5.74) is 3.20. The topological polar surface area (TPSA) is 47.2 Å². The number of hydrogen-bond acceptors (Lipinski definition) is 5. The molecule has 0 unspecified atom stereocenters. The Balaban J connectivity index is 1.50. The van der Waals surface area contributed by atoms with Gasteiger partial charge in [0.15, 0.2) is 5.76 Å². The number of hydrogen-bond donors (Lipinski definition) is 0. The molecule has 0 amide bonds. The van der Waals surface area contributed by atoms with Gasteiger partial charge >= 0.3 is 0 Å². The normalized spacial score (nSPS) is 19.8. The van der Waals surface area contributed by atoms with Gasteiger partial charge in [-0.3, -0.25) is 0 Å². The predicted molar refractivity (Wildman–Crippen MR) is 114 cm³/mol. The highest BCUT2D eigenvalue weighted by molar-refractivity contribution is 9.10. The molecule has 2 aliphatic heterocycles. The van der Waals surface area contributed by atoms with E-state index in [1.54, 1.807) is 12.3 Å². The van der Waals surface area contributed by atoms with Crippen LogP contribution in [0.4, 0.5) is 0 Å². The Labute approximate surface area is 177 Å². The lowest BCUT2D eigenvalue weighted by Crippen LogP contribution is -2.33. The highest BCUT2D eigenvalue weighted by Gasteiger charge is 2.42. The minimum absolute atomic E-state index is 0.0815. The van der Waals surface area contributed by atoms with Crippen molar-refractivity contribution in [1.29, 1.82) is 0 Å². The first kappa shape index (κ1) is 18.1. The summed E-state index contributed by atoms with van der Waals surface area (Å²) in [4.78, 5) is 0. The van der Waals surface area contributed by atoms with E-state index in [1.165, 1.54) is 0 Å². The molecule has 5 rings (SSSR count). The Morgan fingerprint density at radius 1 is 1.21 bits per heavy atom. The molecule has 2 aliphatic rings. The van der Waals surface area contributed by atoms with E-state index in [0.29, 0.717) is 6.61 Å². The monoisotopic (exact) mass is 450 g/mol. The second-order valence-electron chi connectivity index (χ2n) is 6.94. The quantitative estimate of drug-likeness (QED) is 0.457. The van der Waals surface area contributed by atoms with Gasteiger partial charge in [-0.05, 0) is 60.2 Å². The first-order valence-electron chi connectivity index (χ1n) is 9.42. The standard InChI is InChI=1S/C23H19BrN2O3/c1-2-11-27-17-8-5-15(6-9-17)19-14-20-18-13-16(24)7-10-21(18)29-23(26(20)25-19)22-4-3-12-28-22/h2-10,12-13,20,23H,1,11,14H2/t20-,23+/m0/s1. The lowest BCUT2D eigenvalue weighted by molar-refractivity contribution is -0.0325. The van der Waals surface area contributed by atoms with Gasteiger partial charge in [-0.25, -0.2) is 5.01 Å². The molecule has 0 N–H and O–H groups in total. The third-order valence-corrected chi connectivity index (χ3v) is 5.59. The molecule has 0 bridgehead atoms. The van der Waals surface area contributed by atoms with Crippen LogP contribution in [-0.4, -0.2) is 17.3 Å². The van der Waals surface area contributed by atoms with Gasteiger partial charge < -0.3 is 13.9 Å². The fourth-order valence-electron chi connectivity index (χ4n) is 3.75. The summed E-state index contributed by atoms with van der Waals surface area (Å²) >= 11 is 3.58. The number of hydrazone groups is 1. The molecule has 29 heavy (non-hydrogen) atoms. The number of nitrogens with zero attached hydrogens (tertiary/aromatic N) is 2. The Morgan fingerprint density at radius 2 is 2.07 bits per heavy atom. The molecule has 0 saturated carbocycles. The lowest BCUT2D eigenvalue weighted by Gasteiger charge is -2.37. The summed E-state index contributed by atoms with van der Waals surface area (Å²) in [5.74, 6) is 2.42. The maximum absolute atomic E-state index is 6.27. The SMILES string of the molecule is C=CCOc1ccc(C2=NN3[C@@H](c4ccco4)Oc4ccc(Br)cc4[C@@H]3C2)cc1. The van der Waals surface area contributed by atoms with Gasteiger partial charge in [-0.2, -0.15) is 5.10 Å². The molecule has 0 aliphatic carbocycles. The molecular weight excluding hydrogens is 432 g/mol. The van der Waals surface area contributed by atoms with E-state index in [4.69, 9.17) is 19.0 Å². The van der Waals surface area contributed by atoms with Crippen LogP contribution in [0.3, 0.4) is 0 Å². The summed E-state index contributed by atoms with van der Waals surface area (Å²) in [7, 11) is 0. The van der Waals surface area contributed by atoms with E-state index in [2.05, 4.69) is 28.6 Å². The smallest absolute Gasteiger partial charge is 0.246 e. The fraction of sp³-hybridized carbons (Fsp3) is 0.174. The molecule has 0 spiro atoms. The minimum Gasteiger partial charge on any atom is -0.490 e. The largest absolute Gasteiger partial charge is 0.490 e. The zero-order valence-corrected chi connectivity index (χ0v) is 17.2. The molecule has 2 atom stereocenters. The highest BCUT2D eigenvalue weighted by Crippen LogP contribution is 2.48. The van der Waals surface area contributed by atoms with Crippen LogP contribution < -0.4 is 9.47 Å². The molecule has 5 nitrogen and oxygen atoms in total. The summed E-state index contributed by atoms with van der Waals surface area (Å²) in [6.07, 6.45) is 3.79. The lowest BCUT2D eigenvalue weighted by atomic mass is 9.96. The Hall–Kier alpha value is -2.99. The average Bonchev–Trinajstić information content (AvgIpc) is 3.42. The van der Waals surface area contributed by atoms with Crippen LogP contribution in [0.15, 0.2) is 87.5 Å². The molecule has 1 aromatic heterocycles. The number of rotatable bonds is 5. The zero-order valence-electron chi connectivity index (χ0n) is 15.6. The number of furan rings is 1. The van der Waals surface area contributed by atoms with Crippen molar-refractivity contribution in [2.45, 2.75) is 18.7 Å². The van der Waals surface area contributed by atoms with Gasteiger partial charge in [0, 0.05) is 16.5 Å². The number of fused-ring (bicyclic) bond motifs is 3. The molecule has 0 radical (unpaired) electrons. The van der Waals surface area contributed by atoms with E-state index >= 15 is 0 Å². The summed E-state index contributed by atoms with van der Waals surface area (Å²) < 4.78 is 18.5. The van der Waals surface area contributed by atoms with Gasteiger partial charge in [0.25, 0.3) is 0 Å². The Morgan fingerprint density at radius 3 is 2.83 bits per heavy atom. The van der Waals surface area contributed by atoms with Crippen LogP contribution in [0.5, 0.6) is 11.5 Å². The van der Waals surface area contributed by atoms with Crippen LogP contribution in [0.2, 0.25) is 0 Å². The third kappa shape index (κ3) is 3.34. The zero-order chi connectivity index (χ0) is 19.8. The van der Waals surface area contributed by atoms with Gasteiger partial charge in [0.1, 0.15) is 18.1 Å². The first-order chi connectivity index (χ1) is 14.2. The van der Waals surface area contributed by atoms with Crippen molar-refractivity contribution in [2.24, 2.45) is 5.10 Å².